The third-order valence-corrected chi connectivity index (χ3v) is 16.7. The average Bonchev–Trinajstić information content (AvgIpc) is 3.96. The Bertz CT molecular complexity index is 3660. The summed E-state index contributed by atoms with van der Waals surface area (Å²) in [5.41, 5.74) is 13.5. The zero-order chi connectivity index (χ0) is 45.5. The van der Waals surface area contributed by atoms with Gasteiger partial charge in [0.1, 0.15) is 11.4 Å². The molecule has 0 saturated carbocycles. The van der Waals surface area contributed by atoms with E-state index in [0.717, 1.165) is 99.9 Å². The number of hydrogen-bond acceptors (Lipinski definition) is 3. The van der Waals surface area contributed by atoms with Crippen LogP contribution < -0.4 is 4.40 Å². The molecule has 0 spiro atoms. The van der Waals surface area contributed by atoms with Crippen molar-refractivity contribution in [3.05, 3.63) is 230 Å². The molecule has 0 saturated heterocycles. The summed E-state index contributed by atoms with van der Waals surface area (Å²) < 4.78 is 24.6. The van der Waals surface area contributed by atoms with E-state index < -0.39 is 13.3 Å². The molecule has 4 nitrogen and oxygen atoms in total. The summed E-state index contributed by atoms with van der Waals surface area (Å²) in [6.45, 7) is 0. The molecule has 9 aromatic carbocycles. The Hall–Kier alpha value is -7.22. The summed E-state index contributed by atoms with van der Waals surface area (Å²) in [6, 6.07) is 76.0. The number of hydrogen-bond donors (Lipinski definition) is 0. The van der Waals surface area contributed by atoms with Gasteiger partial charge in [-0.15, -0.1) is 18.2 Å². The maximum Gasteiger partial charge on any atom is 0 e. The largest absolute Gasteiger partial charge is 0 e. The van der Waals surface area contributed by atoms with Crippen molar-refractivity contribution in [1.29, 1.82) is 0 Å². The van der Waals surface area contributed by atoms with Gasteiger partial charge in [0.05, 0.1) is 28.1 Å². The molecule has 68 heavy (non-hydrogen) atoms. The number of nitrogens with zero attached hydrogens (tertiary/aromatic N) is 3. The van der Waals surface area contributed by atoms with Crippen molar-refractivity contribution in [2.45, 2.75) is 17.3 Å². The molecule has 331 valence electrons. The molecule has 3 heterocycles. The minimum absolute atomic E-state index is 0. The Morgan fingerprint density at radius 2 is 1.21 bits per heavy atom. The zero-order valence-electron chi connectivity index (χ0n) is 37.7. The van der Waals surface area contributed by atoms with Crippen LogP contribution in [0.15, 0.2) is 217 Å². The van der Waals surface area contributed by atoms with Crippen LogP contribution in [0.1, 0.15) is 0 Å². The number of rotatable bonds is 7. The zero-order valence-corrected chi connectivity index (χ0v) is 42.2. The van der Waals surface area contributed by atoms with Gasteiger partial charge >= 0.3 is 99.8 Å². The second-order valence-corrected chi connectivity index (χ2v) is 28.4. The summed E-state index contributed by atoms with van der Waals surface area (Å²) in [5.74, 6) is 7.62. The topological polar surface area (TPSA) is 43.9 Å². The van der Waals surface area contributed by atoms with Crippen LogP contribution in [0.2, 0.25) is 17.3 Å². The fourth-order valence-corrected chi connectivity index (χ4v) is 11.3. The van der Waals surface area contributed by atoms with Crippen LogP contribution in [0.5, 0.6) is 0 Å². The molecular formula is C61H44FGeIrN3O-2. The summed E-state index contributed by atoms with van der Waals surface area (Å²) in [7, 11) is 0. The van der Waals surface area contributed by atoms with Crippen molar-refractivity contribution in [2.24, 2.45) is 0 Å². The minimum atomic E-state index is -1.72. The van der Waals surface area contributed by atoms with E-state index in [-0.39, 0.29) is 25.9 Å². The number of pyridine rings is 1. The molecule has 3 aromatic heterocycles. The van der Waals surface area contributed by atoms with E-state index >= 15 is 0 Å². The van der Waals surface area contributed by atoms with Crippen LogP contribution >= 0.6 is 0 Å². The predicted molar refractivity (Wildman–Crippen MR) is 278 cm³/mol. The molecule has 0 amide bonds. The molecular weight excluding hydrogens is 1070 g/mol. The number of para-hydroxylation sites is 3. The number of imidazole rings is 1. The van der Waals surface area contributed by atoms with E-state index in [9.17, 15) is 4.39 Å². The normalized spacial score (nSPS) is 11.4. The standard InChI is InChI=1S/C47H28FN2O.C14H16GeN.Ir/c48-33-27-25-32(26-28-33)40-29-43-44(37-18-8-7-17-36(37)40)38-21-12-22-39(46(38)51-43)47-49-41-23-9-10-24-42(41)50(47)45-34(30-13-3-1-4-14-30)19-11-20-35(45)31-15-5-2-6-16-31;1-15(2,3)13-9-10-14(16-11-13)12-7-5-4-6-8-12;/h1-21,23-29H;4-7,9-11H,1-3H3;/q2*-1;. The molecule has 7 heteroatoms. The molecule has 1 radical (unpaired) electrons. The van der Waals surface area contributed by atoms with Gasteiger partial charge in [-0.2, -0.15) is 0 Å². The molecule has 0 aliphatic rings. The number of aromatic nitrogens is 3. The first-order valence-electron chi connectivity index (χ1n) is 22.5. The first-order chi connectivity index (χ1) is 32.8. The van der Waals surface area contributed by atoms with E-state index in [0.29, 0.717) is 5.58 Å². The minimum Gasteiger partial charge on any atom is 0 e. The van der Waals surface area contributed by atoms with Gasteiger partial charge in [-0.25, -0.2) is 4.39 Å². The molecule has 12 aromatic rings. The fraction of sp³-hybridized carbons (Fsp3) is 0.0492. The van der Waals surface area contributed by atoms with E-state index in [1.165, 1.54) is 16.5 Å². The third-order valence-electron chi connectivity index (χ3n) is 12.4. The van der Waals surface area contributed by atoms with Gasteiger partial charge in [-0.3, -0.25) is 4.98 Å². The van der Waals surface area contributed by atoms with Gasteiger partial charge in [0.2, 0.25) is 0 Å². The smallest absolute Gasteiger partial charge is 0 e. The Kier molecular flexibility index (Phi) is 12.3. The molecule has 12 rings (SSSR count). The Balaban J connectivity index is 0.000000270. The van der Waals surface area contributed by atoms with Crippen LogP contribution in [0.25, 0.3) is 105 Å². The summed E-state index contributed by atoms with van der Waals surface area (Å²) >= 11 is -1.72. The van der Waals surface area contributed by atoms with Crippen LogP contribution in [0.4, 0.5) is 4.39 Å². The first-order valence-corrected chi connectivity index (χ1v) is 29.8. The van der Waals surface area contributed by atoms with Crippen LogP contribution in [-0.4, -0.2) is 27.8 Å². The molecule has 0 bridgehead atoms. The summed E-state index contributed by atoms with van der Waals surface area (Å²) in [6.07, 6.45) is 2.04. The first kappa shape index (κ1) is 44.6. The third kappa shape index (κ3) is 8.41. The predicted octanol–water partition coefficient (Wildman–Crippen LogP) is 15.8. The molecule has 0 fully saturated rings. The number of furan rings is 1. The molecule has 0 aliphatic carbocycles. The van der Waals surface area contributed by atoms with Crippen LogP contribution in [0, 0.1) is 17.9 Å². The Labute approximate surface area is 411 Å². The van der Waals surface area contributed by atoms with Crippen LogP contribution in [0.3, 0.4) is 0 Å². The van der Waals surface area contributed by atoms with Gasteiger partial charge in [0.25, 0.3) is 0 Å². The number of benzene rings is 9. The van der Waals surface area contributed by atoms with Gasteiger partial charge in [-0.1, -0.05) is 138 Å². The van der Waals surface area contributed by atoms with Gasteiger partial charge in [-0.05, 0) is 63.4 Å². The van der Waals surface area contributed by atoms with Crippen molar-refractivity contribution in [3.8, 4) is 61.7 Å². The molecule has 0 atom stereocenters. The summed E-state index contributed by atoms with van der Waals surface area (Å²) in [4.78, 5) is 9.85. The SMILES string of the molecule is Fc1ccc(-c2cc3oc4c(-c5nc6ccccc6n5-c5c(-c6ccccc6)cccc5-c5ccccc5)[c-]ccc4c3c3ccccc23)cc1.[CH3][Ge]([CH3])([CH3])[c]1ccc(-c2[c-]cccc2)nc1.[Ir]. The van der Waals surface area contributed by atoms with Gasteiger partial charge in [0.15, 0.2) is 0 Å². The Morgan fingerprint density at radius 3 is 1.87 bits per heavy atom. The van der Waals surface area contributed by atoms with Crippen LogP contribution in [-0.2, 0) is 20.1 Å². The van der Waals surface area contributed by atoms with E-state index in [2.05, 4.69) is 166 Å². The molecule has 0 N–H and O–H groups in total. The second-order valence-electron chi connectivity index (χ2n) is 17.7. The van der Waals surface area contributed by atoms with Crippen molar-refractivity contribution in [2.75, 3.05) is 0 Å². The number of halogens is 1. The van der Waals surface area contributed by atoms with Gasteiger partial charge < -0.3 is 8.98 Å². The van der Waals surface area contributed by atoms with Crippen molar-refractivity contribution < 1.29 is 28.9 Å². The number of fused-ring (bicyclic) bond motifs is 6. The van der Waals surface area contributed by atoms with E-state index in [1.807, 2.05) is 72.9 Å². The maximum atomic E-state index is 14.0. The van der Waals surface area contributed by atoms with Crippen molar-refractivity contribution in [1.82, 2.24) is 14.5 Å². The average molecular weight is 1120 g/mol. The second kappa shape index (κ2) is 18.8. The monoisotopic (exact) mass is 1120 g/mol. The fourth-order valence-electron chi connectivity index (χ4n) is 9.09. The molecule has 0 unspecified atom stereocenters. The van der Waals surface area contributed by atoms with Gasteiger partial charge in [0, 0.05) is 36.6 Å². The maximum absolute atomic E-state index is 14.0. The van der Waals surface area contributed by atoms with E-state index in [4.69, 9.17) is 9.40 Å². The van der Waals surface area contributed by atoms with Crippen molar-refractivity contribution in [3.63, 3.8) is 0 Å². The quantitative estimate of drug-likeness (QED) is 0.118. The summed E-state index contributed by atoms with van der Waals surface area (Å²) in [5, 5.41) is 4.16. The Morgan fingerprint density at radius 1 is 0.559 bits per heavy atom. The van der Waals surface area contributed by atoms with Crippen molar-refractivity contribution >= 4 is 61.4 Å². The van der Waals surface area contributed by atoms with E-state index in [1.54, 1.807) is 0 Å². The molecule has 0 aliphatic heterocycles.